The van der Waals surface area contributed by atoms with Crippen LogP contribution in [0, 0.1) is 13.8 Å². The van der Waals surface area contributed by atoms with E-state index < -0.39 is 5.91 Å². The summed E-state index contributed by atoms with van der Waals surface area (Å²) < 4.78 is 1.53. The number of anilines is 1. The van der Waals surface area contributed by atoms with Crippen molar-refractivity contribution in [1.29, 1.82) is 0 Å². The summed E-state index contributed by atoms with van der Waals surface area (Å²) in [5.41, 5.74) is 2.97. The zero-order valence-electron chi connectivity index (χ0n) is 14.2. The van der Waals surface area contributed by atoms with Crippen LogP contribution in [0.25, 0.3) is 17.0 Å². The topological polar surface area (TPSA) is 85.1 Å². The van der Waals surface area contributed by atoms with Crippen molar-refractivity contribution in [3.8, 4) is 11.3 Å². The number of nitrogens with one attached hydrogen (secondary N) is 1. The van der Waals surface area contributed by atoms with Crippen molar-refractivity contribution < 1.29 is 4.79 Å². The molecule has 0 saturated heterocycles. The summed E-state index contributed by atoms with van der Waals surface area (Å²) in [6.45, 7) is 3.74. The quantitative estimate of drug-likeness (QED) is 0.531. The first kappa shape index (κ1) is 17.8. The molecule has 1 aromatic carbocycles. The highest BCUT2D eigenvalue weighted by molar-refractivity contribution is 7.14. The van der Waals surface area contributed by atoms with Gasteiger partial charge < -0.3 is 0 Å². The molecule has 0 radical (unpaired) electrons. The monoisotopic (exact) mass is 418 g/mol. The molecule has 0 aliphatic rings. The third-order valence-corrected chi connectivity index (χ3v) is 5.07. The zero-order chi connectivity index (χ0) is 19.1. The largest absolute Gasteiger partial charge is 0.297 e. The van der Waals surface area contributed by atoms with Crippen LogP contribution < -0.4 is 5.32 Å². The standard InChI is InChI=1S/C17H12Cl2N6OS/c1-8-5-9(2)25-16(20-8)22-14(24-25)15(26)23-17-21-13(7-27-17)11-6-10(18)3-4-12(11)19/h3-7H,1-2H3,(H,21,23,26). The molecule has 0 fully saturated rings. The van der Waals surface area contributed by atoms with E-state index in [4.69, 9.17) is 23.2 Å². The summed E-state index contributed by atoms with van der Waals surface area (Å²) in [6.07, 6.45) is 0. The van der Waals surface area contributed by atoms with Gasteiger partial charge in [0.2, 0.25) is 5.82 Å². The van der Waals surface area contributed by atoms with Gasteiger partial charge in [0.25, 0.3) is 11.7 Å². The summed E-state index contributed by atoms with van der Waals surface area (Å²) >= 11 is 13.5. The lowest BCUT2D eigenvalue weighted by molar-refractivity contribution is 0.101. The second-order valence-corrected chi connectivity index (χ2v) is 7.50. The Labute approximate surface area is 168 Å². The molecular formula is C17H12Cl2N6OS. The van der Waals surface area contributed by atoms with E-state index in [1.165, 1.54) is 15.9 Å². The number of carbonyl (C=O) groups excluding carboxylic acids is 1. The van der Waals surface area contributed by atoms with Crippen molar-refractivity contribution in [3.05, 3.63) is 56.9 Å². The van der Waals surface area contributed by atoms with Gasteiger partial charge in [-0.15, -0.1) is 16.4 Å². The molecule has 0 saturated carbocycles. The number of carbonyl (C=O) groups is 1. The van der Waals surface area contributed by atoms with Gasteiger partial charge in [-0.05, 0) is 38.1 Å². The number of rotatable bonds is 3. The summed E-state index contributed by atoms with van der Waals surface area (Å²) in [5.74, 6) is -0.0624. The third kappa shape index (κ3) is 3.51. The summed E-state index contributed by atoms with van der Waals surface area (Å²) in [5, 5.41) is 10.2. The summed E-state index contributed by atoms with van der Waals surface area (Å²) in [4.78, 5) is 25.4. The number of benzene rings is 1. The molecular weight excluding hydrogens is 407 g/mol. The van der Waals surface area contributed by atoms with Crippen LogP contribution in [0.3, 0.4) is 0 Å². The van der Waals surface area contributed by atoms with Gasteiger partial charge in [-0.25, -0.2) is 14.5 Å². The van der Waals surface area contributed by atoms with E-state index in [0.29, 0.717) is 32.2 Å². The normalized spacial score (nSPS) is 11.1. The molecule has 0 unspecified atom stereocenters. The molecule has 4 aromatic rings. The second kappa shape index (κ2) is 6.88. The molecule has 3 heterocycles. The predicted molar refractivity (Wildman–Crippen MR) is 106 cm³/mol. The zero-order valence-corrected chi connectivity index (χ0v) is 16.5. The van der Waals surface area contributed by atoms with E-state index in [-0.39, 0.29) is 5.82 Å². The van der Waals surface area contributed by atoms with Crippen LogP contribution >= 0.6 is 34.5 Å². The molecule has 7 nitrogen and oxygen atoms in total. The van der Waals surface area contributed by atoms with E-state index >= 15 is 0 Å². The molecule has 0 aliphatic carbocycles. The molecule has 1 amide bonds. The molecule has 27 heavy (non-hydrogen) atoms. The Kier molecular flexibility index (Phi) is 4.55. The van der Waals surface area contributed by atoms with E-state index in [1.807, 2.05) is 19.9 Å². The fourth-order valence-electron chi connectivity index (χ4n) is 2.56. The van der Waals surface area contributed by atoms with Gasteiger partial charge in [0.1, 0.15) is 0 Å². The average Bonchev–Trinajstić information content (AvgIpc) is 3.24. The summed E-state index contributed by atoms with van der Waals surface area (Å²) in [7, 11) is 0. The first-order chi connectivity index (χ1) is 12.9. The van der Waals surface area contributed by atoms with E-state index in [0.717, 1.165) is 11.4 Å². The highest BCUT2D eigenvalue weighted by atomic mass is 35.5. The lowest BCUT2D eigenvalue weighted by Crippen LogP contribution is -2.13. The van der Waals surface area contributed by atoms with Crippen molar-refractivity contribution in [3.63, 3.8) is 0 Å². The minimum atomic E-state index is -0.462. The van der Waals surface area contributed by atoms with Crippen molar-refractivity contribution >= 4 is 51.4 Å². The van der Waals surface area contributed by atoms with Gasteiger partial charge in [-0.2, -0.15) is 4.98 Å². The number of hydrogen-bond donors (Lipinski definition) is 1. The van der Waals surface area contributed by atoms with Crippen LogP contribution in [0.5, 0.6) is 0 Å². The Morgan fingerprint density at radius 1 is 1.15 bits per heavy atom. The first-order valence-electron chi connectivity index (χ1n) is 7.84. The fourth-order valence-corrected chi connectivity index (χ4v) is 3.66. The number of nitrogens with zero attached hydrogens (tertiary/aromatic N) is 5. The first-order valence-corrected chi connectivity index (χ1v) is 9.47. The van der Waals surface area contributed by atoms with E-state index in [2.05, 4.69) is 25.4 Å². The molecule has 4 rings (SSSR count). The molecule has 0 spiro atoms. The molecule has 10 heteroatoms. The van der Waals surface area contributed by atoms with Gasteiger partial charge in [0.05, 0.1) is 10.7 Å². The smallest absolute Gasteiger partial charge is 0.295 e. The van der Waals surface area contributed by atoms with Crippen molar-refractivity contribution in [1.82, 2.24) is 24.6 Å². The maximum Gasteiger partial charge on any atom is 0.297 e. The maximum atomic E-state index is 12.5. The lowest BCUT2D eigenvalue weighted by Gasteiger charge is -2.01. The number of hydrogen-bond acceptors (Lipinski definition) is 6. The fraction of sp³-hybridized carbons (Fsp3) is 0.118. The van der Waals surface area contributed by atoms with Gasteiger partial charge in [0, 0.05) is 27.4 Å². The number of halogens is 2. The lowest BCUT2D eigenvalue weighted by atomic mass is 10.2. The molecule has 0 atom stereocenters. The molecule has 3 aromatic heterocycles. The van der Waals surface area contributed by atoms with Gasteiger partial charge >= 0.3 is 0 Å². The van der Waals surface area contributed by atoms with Crippen molar-refractivity contribution in [2.45, 2.75) is 13.8 Å². The van der Waals surface area contributed by atoms with E-state index in [1.54, 1.807) is 23.6 Å². The minimum Gasteiger partial charge on any atom is -0.295 e. The van der Waals surface area contributed by atoms with Gasteiger partial charge in [-0.3, -0.25) is 10.1 Å². The van der Waals surface area contributed by atoms with Gasteiger partial charge in [-0.1, -0.05) is 23.2 Å². The summed E-state index contributed by atoms with van der Waals surface area (Å²) in [6, 6.07) is 7.00. The van der Waals surface area contributed by atoms with Crippen LogP contribution in [0.1, 0.15) is 22.0 Å². The van der Waals surface area contributed by atoms with Crippen LogP contribution in [0.2, 0.25) is 10.0 Å². The average molecular weight is 419 g/mol. The minimum absolute atomic E-state index is 0.0220. The Balaban J connectivity index is 1.60. The molecule has 0 aliphatic heterocycles. The van der Waals surface area contributed by atoms with E-state index in [9.17, 15) is 4.79 Å². The number of thiazole rings is 1. The molecule has 136 valence electrons. The Bertz CT molecular complexity index is 1190. The van der Waals surface area contributed by atoms with Crippen LogP contribution in [0.4, 0.5) is 5.13 Å². The van der Waals surface area contributed by atoms with Crippen molar-refractivity contribution in [2.24, 2.45) is 0 Å². The SMILES string of the molecule is Cc1cc(C)n2nc(C(=O)Nc3nc(-c4cc(Cl)ccc4Cl)cs3)nc2n1. The molecule has 0 bridgehead atoms. The Morgan fingerprint density at radius 2 is 1.96 bits per heavy atom. The third-order valence-electron chi connectivity index (χ3n) is 3.75. The molecule has 1 N–H and O–H groups in total. The van der Waals surface area contributed by atoms with Crippen LogP contribution in [-0.2, 0) is 0 Å². The number of aromatic nitrogens is 5. The highest BCUT2D eigenvalue weighted by Gasteiger charge is 2.17. The van der Waals surface area contributed by atoms with Gasteiger partial charge in [0.15, 0.2) is 5.13 Å². The van der Waals surface area contributed by atoms with Crippen LogP contribution in [-0.4, -0.2) is 30.5 Å². The predicted octanol–water partition coefficient (Wildman–Crippen LogP) is 4.42. The number of aryl methyl sites for hydroxylation is 2. The Morgan fingerprint density at radius 3 is 2.78 bits per heavy atom. The Hall–Kier alpha value is -2.55. The van der Waals surface area contributed by atoms with Crippen LogP contribution in [0.15, 0.2) is 29.6 Å². The van der Waals surface area contributed by atoms with Crippen molar-refractivity contribution in [2.75, 3.05) is 5.32 Å². The number of amides is 1. The maximum absolute atomic E-state index is 12.5. The number of fused-ring (bicyclic) bond motifs is 1. The second-order valence-electron chi connectivity index (χ2n) is 5.80. The highest BCUT2D eigenvalue weighted by Crippen LogP contribution is 2.32.